The molecule has 1 aromatic carbocycles. The molecular formula is C15H24ClN. The highest BCUT2D eigenvalue weighted by Crippen LogP contribution is 2.28. The first-order valence-electron chi connectivity index (χ1n) is 6.54. The Labute approximate surface area is 111 Å². The molecule has 0 fully saturated rings. The standard InChI is InChI=1S/C15H24ClN/c1-5-9-17-15(10-11(2)3)13-7-6-8-14(16)12(13)4/h6-8,11,15,17H,5,9-10H2,1-4H3. The molecule has 1 rings (SSSR count). The molecule has 0 saturated carbocycles. The molecule has 1 aromatic rings. The van der Waals surface area contributed by atoms with Gasteiger partial charge in [-0.05, 0) is 49.4 Å². The minimum atomic E-state index is 0.425. The monoisotopic (exact) mass is 253 g/mol. The first-order chi connectivity index (χ1) is 8.06. The van der Waals surface area contributed by atoms with Gasteiger partial charge >= 0.3 is 0 Å². The predicted octanol–water partition coefficient (Wildman–Crippen LogP) is 4.74. The summed E-state index contributed by atoms with van der Waals surface area (Å²) in [5.41, 5.74) is 2.56. The Morgan fingerprint density at radius 2 is 2.00 bits per heavy atom. The highest BCUT2D eigenvalue weighted by Gasteiger charge is 2.15. The lowest BCUT2D eigenvalue weighted by atomic mass is 9.94. The van der Waals surface area contributed by atoms with E-state index in [4.69, 9.17) is 11.6 Å². The Hall–Kier alpha value is -0.530. The summed E-state index contributed by atoms with van der Waals surface area (Å²) in [7, 11) is 0. The lowest BCUT2D eigenvalue weighted by molar-refractivity contribution is 0.429. The zero-order chi connectivity index (χ0) is 12.8. The zero-order valence-electron chi connectivity index (χ0n) is 11.4. The Kier molecular flexibility index (Phi) is 6.01. The van der Waals surface area contributed by atoms with Gasteiger partial charge in [-0.1, -0.05) is 44.5 Å². The second-order valence-corrected chi connectivity index (χ2v) is 5.50. The van der Waals surface area contributed by atoms with Crippen molar-refractivity contribution in [3.8, 4) is 0 Å². The van der Waals surface area contributed by atoms with Crippen LogP contribution in [0.15, 0.2) is 18.2 Å². The summed E-state index contributed by atoms with van der Waals surface area (Å²) in [5, 5.41) is 4.50. The number of hydrogen-bond acceptors (Lipinski definition) is 1. The van der Waals surface area contributed by atoms with Gasteiger partial charge in [0.2, 0.25) is 0 Å². The molecule has 0 spiro atoms. The van der Waals surface area contributed by atoms with E-state index < -0.39 is 0 Å². The smallest absolute Gasteiger partial charge is 0.0438 e. The second-order valence-electron chi connectivity index (χ2n) is 5.09. The van der Waals surface area contributed by atoms with E-state index in [1.54, 1.807) is 0 Å². The molecule has 1 N–H and O–H groups in total. The van der Waals surface area contributed by atoms with Crippen molar-refractivity contribution in [3.05, 3.63) is 34.3 Å². The second kappa shape index (κ2) is 7.03. The van der Waals surface area contributed by atoms with E-state index in [-0.39, 0.29) is 0 Å². The summed E-state index contributed by atoms with van der Waals surface area (Å²) in [5.74, 6) is 0.683. The lowest BCUT2D eigenvalue weighted by Crippen LogP contribution is -2.24. The molecule has 1 unspecified atom stereocenters. The van der Waals surface area contributed by atoms with Crippen molar-refractivity contribution >= 4 is 11.6 Å². The van der Waals surface area contributed by atoms with E-state index in [2.05, 4.69) is 39.1 Å². The fourth-order valence-electron chi connectivity index (χ4n) is 2.11. The van der Waals surface area contributed by atoms with Crippen LogP contribution in [-0.4, -0.2) is 6.54 Å². The minimum Gasteiger partial charge on any atom is -0.310 e. The summed E-state index contributed by atoms with van der Waals surface area (Å²) in [4.78, 5) is 0. The van der Waals surface area contributed by atoms with E-state index >= 15 is 0 Å². The third-order valence-electron chi connectivity index (χ3n) is 3.03. The Balaban J connectivity index is 2.90. The third-order valence-corrected chi connectivity index (χ3v) is 3.44. The van der Waals surface area contributed by atoms with E-state index in [9.17, 15) is 0 Å². The maximum absolute atomic E-state index is 6.20. The molecule has 0 amide bonds. The fourth-order valence-corrected chi connectivity index (χ4v) is 2.29. The average molecular weight is 254 g/mol. The van der Waals surface area contributed by atoms with Gasteiger partial charge in [0, 0.05) is 11.1 Å². The van der Waals surface area contributed by atoms with Crippen molar-refractivity contribution in [1.29, 1.82) is 0 Å². The maximum Gasteiger partial charge on any atom is 0.0438 e. The Bertz CT molecular complexity index is 347. The average Bonchev–Trinajstić information content (AvgIpc) is 2.28. The highest BCUT2D eigenvalue weighted by atomic mass is 35.5. The van der Waals surface area contributed by atoms with Crippen LogP contribution in [0.25, 0.3) is 0 Å². The van der Waals surface area contributed by atoms with Crippen LogP contribution >= 0.6 is 11.6 Å². The Morgan fingerprint density at radius 1 is 1.29 bits per heavy atom. The number of rotatable bonds is 6. The minimum absolute atomic E-state index is 0.425. The number of benzene rings is 1. The van der Waals surface area contributed by atoms with Gasteiger partial charge in [-0.2, -0.15) is 0 Å². The SMILES string of the molecule is CCCNC(CC(C)C)c1cccc(Cl)c1C. The van der Waals surface area contributed by atoms with Gasteiger partial charge in [-0.25, -0.2) is 0 Å². The van der Waals surface area contributed by atoms with E-state index in [1.165, 1.54) is 11.1 Å². The third kappa shape index (κ3) is 4.33. The van der Waals surface area contributed by atoms with Crippen molar-refractivity contribution in [3.63, 3.8) is 0 Å². The van der Waals surface area contributed by atoms with Crippen LogP contribution in [0.3, 0.4) is 0 Å². The topological polar surface area (TPSA) is 12.0 Å². The molecule has 0 aliphatic heterocycles. The molecule has 0 saturated heterocycles. The molecule has 0 heterocycles. The van der Waals surface area contributed by atoms with Crippen LogP contribution in [0.5, 0.6) is 0 Å². The molecule has 0 aliphatic rings. The van der Waals surface area contributed by atoms with Gasteiger partial charge in [0.05, 0.1) is 0 Å². The van der Waals surface area contributed by atoms with Crippen LogP contribution in [-0.2, 0) is 0 Å². The highest BCUT2D eigenvalue weighted by molar-refractivity contribution is 6.31. The summed E-state index contributed by atoms with van der Waals surface area (Å²) in [6.07, 6.45) is 2.31. The molecule has 96 valence electrons. The van der Waals surface area contributed by atoms with Gasteiger partial charge in [-0.3, -0.25) is 0 Å². The molecule has 2 heteroatoms. The summed E-state index contributed by atoms with van der Waals surface area (Å²) < 4.78 is 0. The predicted molar refractivity (Wildman–Crippen MR) is 76.7 cm³/mol. The molecule has 0 bridgehead atoms. The van der Waals surface area contributed by atoms with Gasteiger partial charge in [0.25, 0.3) is 0 Å². The van der Waals surface area contributed by atoms with Crippen molar-refractivity contribution in [2.45, 2.75) is 46.6 Å². The van der Waals surface area contributed by atoms with E-state index in [0.717, 1.165) is 24.4 Å². The van der Waals surface area contributed by atoms with Gasteiger partial charge in [0.15, 0.2) is 0 Å². The van der Waals surface area contributed by atoms with E-state index in [0.29, 0.717) is 12.0 Å². The summed E-state index contributed by atoms with van der Waals surface area (Å²) >= 11 is 6.20. The molecule has 17 heavy (non-hydrogen) atoms. The largest absolute Gasteiger partial charge is 0.310 e. The first-order valence-corrected chi connectivity index (χ1v) is 6.92. The van der Waals surface area contributed by atoms with Crippen LogP contribution < -0.4 is 5.32 Å². The molecule has 0 radical (unpaired) electrons. The normalized spacial score (nSPS) is 13.1. The lowest BCUT2D eigenvalue weighted by Gasteiger charge is -2.23. The molecule has 1 atom stereocenters. The summed E-state index contributed by atoms with van der Waals surface area (Å²) in [6, 6.07) is 6.63. The van der Waals surface area contributed by atoms with Crippen molar-refractivity contribution in [2.24, 2.45) is 5.92 Å². The quantitative estimate of drug-likeness (QED) is 0.773. The first kappa shape index (κ1) is 14.5. The van der Waals surface area contributed by atoms with Crippen LogP contribution in [0.1, 0.15) is 50.8 Å². The number of nitrogens with one attached hydrogen (secondary N) is 1. The van der Waals surface area contributed by atoms with Crippen LogP contribution in [0.4, 0.5) is 0 Å². The maximum atomic E-state index is 6.20. The molecular weight excluding hydrogens is 230 g/mol. The van der Waals surface area contributed by atoms with Crippen LogP contribution in [0.2, 0.25) is 5.02 Å². The van der Waals surface area contributed by atoms with Crippen LogP contribution in [0, 0.1) is 12.8 Å². The van der Waals surface area contributed by atoms with Crippen molar-refractivity contribution in [2.75, 3.05) is 6.54 Å². The molecule has 0 aliphatic carbocycles. The van der Waals surface area contributed by atoms with Gasteiger partial charge in [0.1, 0.15) is 0 Å². The zero-order valence-corrected chi connectivity index (χ0v) is 12.1. The Morgan fingerprint density at radius 3 is 2.59 bits per heavy atom. The fraction of sp³-hybridized carbons (Fsp3) is 0.600. The molecule has 0 aromatic heterocycles. The molecule has 1 nitrogen and oxygen atoms in total. The van der Waals surface area contributed by atoms with Gasteiger partial charge in [-0.15, -0.1) is 0 Å². The summed E-state index contributed by atoms with van der Waals surface area (Å²) in [6.45, 7) is 9.90. The number of halogens is 1. The van der Waals surface area contributed by atoms with E-state index in [1.807, 2.05) is 12.1 Å². The van der Waals surface area contributed by atoms with Gasteiger partial charge < -0.3 is 5.32 Å². The van der Waals surface area contributed by atoms with Crippen molar-refractivity contribution in [1.82, 2.24) is 5.32 Å². The van der Waals surface area contributed by atoms with Crippen molar-refractivity contribution < 1.29 is 0 Å². The number of hydrogen-bond donors (Lipinski definition) is 1.